The van der Waals surface area contributed by atoms with E-state index in [4.69, 9.17) is 0 Å². The highest BCUT2D eigenvalue weighted by Crippen LogP contribution is 2.20. The Kier molecular flexibility index (Phi) is 3.81. The first-order valence-electron chi connectivity index (χ1n) is 8.34. The van der Waals surface area contributed by atoms with Gasteiger partial charge in [-0.15, -0.1) is 5.10 Å². The number of hydrogen-bond donors (Lipinski definition) is 0. The van der Waals surface area contributed by atoms with Gasteiger partial charge in [0.1, 0.15) is 5.82 Å². The summed E-state index contributed by atoms with van der Waals surface area (Å²) in [4.78, 5) is 9.22. The second-order valence-electron chi connectivity index (χ2n) is 6.29. The minimum atomic E-state index is 0.909. The van der Waals surface area contributed by atoms with E-state index in [9.17, 15) is 0 Å². The molecule has 5 heteroatoms. The van der Waals surface area contributed by atoms with Crippen molar-refractivity contribution in [2.45, 2.75) is 25.7 Å². The van der Waals surface area contributed by atoms with E-state index in [0.29, 0.717) is 0 Å². The number of rotatable bonds is 3. The molecule has 1 aliphatic carbocycles. The Bertz CT molecular complexity index is 666. The van der Waals surface area contributed by atoms with Crippen molar-refractivity contribution in [1.82, 2.24) is 19.5 Å². The number of piperazine rings is 1. The van der Waals surface area contributed by atoms with Gasteiger partial charge >= 0.3 is 0 Å². The zero-order valence-corrected chi connectivity index (χ0v) is 13.0. The molecule has 116 valence electrons. The second-order valence-corrected chi connectivity index (χ2v) is 6.29. The maximum Gasteiger partial charge on any atom is 0.153 e. The van der Waals surface area contributed by atoms with E-state index < -0.39 is 0 Å². The third-order valence-corrected chi connectivity index (χ3v) is 4.75. The van der Waals surface area contributed by atoms with E-state index in [1.807, 2.05) is 16.8 Å². The molecule has 0 bridgehead atoms. The van der Waals surface area contributed by atoms with Gasteiger partial charge in [-0.1, -0.05) is 11.6 Å². The molecule has 2 aromatic heterocycles. The van der Waals surface area contributed by atoms with Crippen LogP contribution in [0.25, 0.3) is 5.65 Å². The van der Waals surface area contributed by atoms with Crippen LogP contribution < -0.4 is 4.90 Å². The van der Waals surface area contributed by atoms with Crippen LogP contribution in [0.3, 0.4) is 0 Å². The van der Waals surface area contributed by atoms with E-state index in [1.165, 1.54) is 32.2 Å². The van der Waals surface area contributed by atoms with E-state index in [-0.39, 0.29) is 0 Å². The molecule has 1 aliphatic heterocycles. The Balaban J connectivity index is 1.37. The van der Waals surface area contributed by atoms with Gasteiger partial charge in [-0.05, 0) is 37.8 Å². The number of fused-ring (bicyclic) bond motifs is 1. The average molecular weight is 297 g/mol. The van der Waals surface area contributed by atoms with E-state index in [0.717, 1.165) is 37.6 Å². The van der Waals surface area contributed by atoms with Gasteiger partial charge in [0.25, 0.3) is 0 Å². The van der Waals surface area contributed by atoms with Crippen LogP contribution in [0.4, 0.5) is 5.82 Å². The molecule has 4 rings (SSSR count). The highest BCUT2D eigenvalue weighted by molar-refractivity contribution is 5.46. The standard InChI is InChI=1S/C17H23N5/c1-2-4-15(5-3-1)14-20-10-12-21(13-11-20)17-7-6-16-18-8-9-22(16)19-17/h4,6-9H,1-3,5,10-14H2. The Morgan fingerprint density at radius 2 is 1.95 bits per heavy atom. The molecular formula is C17H23N5. The molecule has 0 N–H and O–H groups in total. The second kappa shape index (κ2) is 6.08. The molecule has 1 saturated heterocycles. The number of allylic oxidation sites excluding steroid dienone is 1. The molecule has 1 fully saturated rings. The number of imidazole rings is 1. The lowest BCUT2D eigenvalue weighted by atomic mass is 9.99. The van der Waals surface area contributed by atoms with Crippen LogP contribution >= 0.6 is 0 Å². The summed E-state index contributed by atoms with van der Waals surface area (Å²) >= 11 is 0. The summed E-state index contributed by atoms with van der Waals surface area (Å²) in [6.45, 7) is 5.53. The predicted octanol–water partition coefficient (Wildman–Crippen LogP) is 2.35. The molecule has 0 atom stereocenters. The fourth-order valence-electron chi connectivity index (χ4n) is 3.44. The fraction of sp³-hybridized carbons (Fsp3) is 0.529. The van der Waals surface area contributed by atoms with Gasteiger partial charge in [0.05, 0.1) is 0 Å². The number of anilines is 1. The maximum atomic E-state index is 4.65. The van der Waals surface area contributed by atoms with Crippen LogP contribution in [0.5, 0.6) is 0 Å². The van der Waals surface area contributed by atoms with Gasteiger partial charge < -0.3 is 4.90 Å². The molecule has 5 nitrogen and oxygen atoms in total. The minimum absolute atomic E-state index is 0.909. The highest BCUT2D eigenvalue weighted by atomic mass is 15.3. The SMILES string of the molecule is C1=C(CN2CCN(c3ccc4nccn4n3)CC2)CCCC1. The lowest BCUT2D eigenvalue weighted by Crippen LogP contribution is -2.47. The third kappa shape index (κ3) is 2.86. The molecule has 2 aromatic rings. The summed E-state index contributed by atoms with van der Waals surface area (Å²) in [7, 11) is 0. The van der Waals surface area contributed by atoms with E-state index in [2.05, 4.69) is 32.0 Å². The van der Waals surface area contributed by atoms with Crippen molar-refractivity contribution in [2.24, 2.45) is 0 Å². The van der Waals surface area contributed by atoms with Crippen molar-refractivity contribution in [3.63, 3.8) is 0 Å². The van der Waals surface area contributed by atoms with Crippen molar-refractivity contribution in [2.75, 3.05) is 37.6 Å². The van der Waals surface area contributed by atoms with Crippen LogP contribution in [0.15, 0.2) is 36.2 Å². The summed E-state index contributed by atoms with van der Waals surface area (Å²) in [5, 5.41) is 4.65. The summed E-state index contributed by atoms with van der Waals surface area (Å²) in [6.07, 6.45) is 11.5. The molecule has 22 heavy (non-hydrogen) atoms. The summed E-state index contributed by atoms with van der Waals surface area (Å²) < 4.78 is 1.86. The third-order valence-electron chi connectivity index (χ3n) is 4.75. The summed E-state index contributed by atoms with van der Waals surface area (Å²) in [5.74, 6) is 1.06. The van der Waals surface area contributed by atoms with Crippen molar-refractivity contribution >= 4 is 11.5 Å². The van der Waals surface area contributed by atoms with Crippen LogP contribution in [-0.2, 0) is 0 Å². The van der Waals surface area contributed by atoms with Crippen molar-refractivity contribution in [3.8, 4) is 0 Å². The molecule has 3 heterocycles. The van der Waals surface area contributed by atoms with Gasteiger partial charge in [0.2, 0.25) is 0 Å². The Morgan fingerprint density at radius 3 is 2.77 bits per heavy atom. The first-order valence-corrected chi connectivity index (χ1v) is 8.34. The van der Waals surface area contributed by atoms with E-state index >= 15 is 0 Å². The van der Waals surface area contributed by atoms with E-state index in [1.54, 1.807) is 11.8 Å². The smallest absolute Gasteiger partial charge is 0.153 e. The first kappa shape index (κ1) is 13.8. The van der Waals surface area contributed by atoms with Gasteiger partial charge in [0, 0.05) is 45.1 Å². The highest BCUT2D eigenvalue weighted by Gasteiger charge is 2.19. The van der Waals surface area contributed by atoms with Gasteiger partial charge in [-0.3, -0.25) is 4.90 Å². The Morgan fingerprint density at radius 1 is 1.05 bits per heavy atom. The quantitative estimate of drug-likeness (QED) is 0.815. The predicted molar refractivity (Wildman–Crippen MR) is 88.2 cm³/mol. The lowest BCUT2D eigenvalue weighted by Gasteiger charge is -2.36. The number of aromatic nitrogens is 3. The summed E-state index contributed by atoms with van der Waals surface area (Å²) in [6, 6.07) is 4.13. The first-order chi connectivity index (χ1) is 10.9. The van der Waals surface area contributed by atoms with Gasteiger partial charge in [-0.2, -0.15) is 0 Å². The normalized spacial score (nSPS) is 20.4. The molecule has 2 aliphatic rings. The van der Waals surface area contributed by atoms with Crippen molar-refractivity contribution < 1.29 is 0 Å². The summed E-state index contributed by atoms with van der Waals surface area (Å²) in [5.41, 5.74) is 2.56. The maximum absolute atomic E-state index is 4.65. The molecule has 0 unspecified atom stereocenters. The van der Waals surface area contributed by atoms with Crippen molar-refractivity contribution in [1.29, 1.82) is 0 Å². The largest absolute Gasteiger partial charge is 0.353 e. The molecule has 0 saturated carbocycles. The minimum Gasteiger partial charge on any atom is -0.353 e. The van der Waals surface area contributed by atoms with Gasteiger partial charge in [0.15, 0.2) is 5.65 Å². The van der Waals surface area contributed by atoms with Crippen LogP contribution in [0.2, 0.25) is 0 Å². The molecule has 0 amide bonds. The van der Waals surface area contributed by atoms with Crippen molar-refractivity contribution in [3.05, 3.63) is 36.2 Å². The Hall–Kier alpha value is -1.88. The monoisotopic (exact) mass is 297 g/mol. The fourth-order valence-corrected chi connectivity index (χ4v) is 3.44. The lowest BCUT2D eigenvalue weighted by molar-refractivity contribution is 0.273. The Labute approximate surface area is 131 Å². The van der Waals surface area contributed by atoms with Crippen LogP contribution in [0, 0.1) is 0 Å². The zero-order valence-electron chi connectivity index (χ0n) is 13.0. The average Bonchev–Trinajstić information content (AvgIpc) is 3.04. The molecular weight excluding hydrogens is 274 g/mol. The van der Waals surface area contributed by atoms with Crippen LogP contribution in [-0.4, -0.2) is 52.2 Å². The topological polar surface area (TPSA) is 36.7 Å². The molecule has 0 aromatic carbocycles. The number of hydrogen-bond acceptors (Lipinski definition) is 4. The van der Waals surface area contributed by atoms with Gasteiger partial charge in [-0.25, -0.2) is 9.50 Å². The number of nitrogens with zero attached hydrogens (tertiary/aromatic N) is 5. The van der Waals surface area contributed by atoms with Crippen LogP contribution in [0.1, 0.15) is 25.7 Å². The zero-order chi connectivity index (χ0) is 14.8. The molecule has 0 radical (unpaired) electrons. The molecule has 0 spiro atoms.